The smallest absolute Gasteiger partial charge is 0.251 e. The molecule has 2 N–H and O–H groups in total. The molecule has 0 fully saturated rings. The summed E-state index contributed by atoms with van der Waals surface area (Å²) in [5.41, 5.74) is 5.28. The summed E-state index contributed by atoms with van der Waals surface area (Å²) >= 11 is 0. The van der Waals surface area contributed by atoms with E-state index in [2.05, 4.69) is 32.4 Å². The molecule has 0 spiro atoms. The maximum Gasteiger partial charge on any atom is 0.251 e. The van der Waals surface area contributed by atoms with Gasteiger partial charge in [0.25, 0.3) is 5.91 Å². The van der Waals surface area contributed by atoms with E-state index in [4.69, 9.17) is 4.74 Å². The number of nitrogens with zero attached hydrogens (tertiary/aromatic N) is 3. The van der Waals surface area contributed by atoms with Crippen molar-refractivity contribution in [2.24, 2.45) is 0 Å². The SMILES string of the molecule is CCCc1cnc(C)nc1-c1ccc(C(=O)NCc2cc(COC)n[nH]2)cc1. The van der Waals surface area contributed by atoms with Crippen molar-refractivity contribution < 1.29 is 9.53 Å². The number of carbonyl (C=O) groups excluding carboxylic acids is 1. The topological polar surface area (TPSA) is 92.8 Å². The Morgan fingerprint density at radius 1 is 1.25 bits per heavy atom. The minimum absolute atomic E-state index is 0.137. The number of methoxy groups -OCH3 is 1. The van der Waals surface area contributed by atoms with Gasteiger partial charge in [-0.1, -0.05) is 25.5 Å². The molecule has 0 aliphatic heterocycles. The number of aromatic amines is 1. The van der Waals surface area contributed by atoms with Gasteiger partial charge >= 0.3 is 0 Å². The maximum atomic E-state index is 12.4. The number of hydrogen-bond donors (Lipinski definition) is 2. The van der Waals surface area contributed by atoms with Crippen molar-refractivity contribution in [3.05, 3.63) is 64.9 Å². The quantitative estimate of drug-likeness (QED) is 0.627. The van der Waals surface area contributed by atoms with Gasteiger partial charge in [-0.2, -0.15) is 5.10 Å². The summed E-state index contributed by atoms with van der Waals surface area (Å²) in [6.45, 7) is 4.83. The van der Waals surface area contributed by atoms with Crippen LogP contribution in [0.25, 0.3) is 11.3 Å². The van der Waals surface area contributed by atoms with Gasteiger partial charge in [0.2, 0.25) is 0 Å². The van der Waals surface area contributed by atoms with E-state index in [9.17, 15) is 4.79 Å². The van der Waals surface area contributed by atoms with Gasteiger partial charge in [0.1, 0.15) is 5.82 Å². The van der Waals surface area contributed by atoms with Gasteiger partial charge in [-0.25, -0.2) is 9.97 Å². The Kier molecular flexibility index (Phi) is 6.49. The van der Waals surface area contributed by atoms with Crippen molar-refractivity contribution in [1.29, 1.82) is 0 Å². The molecule has 0 aliphatic carbocycles. The summed E-state index contributed by atoms with van der Waals surface area (Å²) < 4.78 is 5.04. The Morgan fingerprint density at radius 2 is 2.04 bits per heavy atom. The molecule has 2 heterocycles. The first-order chi connectivity index (χ1) is 13.6. The molecule has 7 heteroatoms. The molecule has 0 atom stereocenters. The number of nitrogens with one attached hydrogen (secondary N) is 2. The molecule has 7 nitrogen and oxygen atoms in total. The third-order valence-electron chi connectivity index (χ3n) is 4.34. The van der Waals surface area contributed by atoms with E-state index in [0.717, 1.165) is 46.9 Å². The van der Waals surface area contributed by atoms with Crippen molar-refractivity contribution in [1.82, 2.24) is 25.5 Å². The van der Waals surface area contributed by atoms with Crippen molar-refractivity contribution >= 4 is 5.91 Å². The predicted octanol–water partition coefficient (Wildman–Crippen LogP) is 3.20. The zero-order valence-electron chi connectivity index (χ0n) is 16.5. The largest absolute Gasteiger partial charge is 0.378 e. The van der Waals surface area contributed by atoms with Crippen molar-refractivity contribution in [2.75, 3.05) is 7.11 Å². The first kappa shape index (κ1) is 19.7. The molecule has 0 saturated heterocycles. The summed E-state index contributed by atoms with van der Waals surface area (Å²) in [7, 11) is 1.62. The Morgan fingerprint density at radius 3 is 2.75 bits per heavy atom. The average Bonchev–Trinajstić information content (AvgIpc) is 3.15. The van der Waals surface area contributed by atoms with Crippen LogP contribution in [0, 0.1) is 6.92 Å². The van der Waals surface area contributed by atoms with Gasteiger partial charge in [-0.05, 0) is 37.1 Å². The van der Waals surface area contributed by atoms with Crippen molar-refractivity contribution in [2.45, 2.75) is 39.8 Å². The fraction of sp³-hybridized carbons (Fsp3) is 0.333. The monoisotopic (exact) mass is 379 g/mol. The van der Waals surface area contributed by atoms with Crippen LogP contribution < -0.4 is 5.32 Å². The third kappa shape index (κ3) is 4.80. The summed E-state index contributed by atoms with van der Waals surface area (Å²) in [4.78, 5) is 21.3. The fourth-order valence-corrected chi connectivity index (χ4v) is 2.98. The molecule has 0 bridgehead atoms. The van der Waals surface area contributed by atoms with Gasteiger partial charge < -0.3 is 10.1 Å². The lowest BCUT2D eigenvalue weighted by molar-refractivity contribution is 0.0950. The second kappa shape index (κ2) is 9.23. The molecule has 28 heavy (non-hydrogen) atoms. The highest BCUT2D eigenvalue weighted by atomic mass is 16.5. The summed E-state index contributed by atoms with van der Waals surface area (Å²) in [5, 5.41) is 9.91. The van der Waals surface area contributed by atoms with E-state index in [0.29, 0.717) is 18.7 Å². The standard InChI is InChI=1S/C21H25N5O2/c1-4-5-17-11-22-14(2)24-20(17)15-6-8-16(9-7-15)21(27)23-12-18-10-19(13-28-3)26-25-18/h6-11H,4-5,12-13H2,1-3H3,(H,23,27)(H,25,26). The fourth-order valence-electron chi connectivity index (χ4n) is 2.98. The van der Waals surface area contributed by atoms with Crippen LogP contribution in [0.5, 0.6) is 0 Å². The lowest BCUT2D eigenvalue weighted by Gasteiger charge is -2.09. The number of H-pyrrole nitrogens is 1. The number of aromatic nitrogens is 4. The van der Waals surface area contributed by atoms with Crippen LogP contribution in [0.15, 0.2) is 36.5 Å². The number of rotatable bonds is 8. The molecule has 3 rings (SSSR count). The van der Waals surface area contributed by atoms with Gasteiger partial charge in [0, 0.05) is 24.4 Å². The molecule has 1 aromatic carbocycles. The van der Waals surface area contributed by atoms with E-state index in [1.165, 1.54) is 0 Å². The third-order valence-corrected chi connectivity index (χ3v) is 4.34. The molecule has 0 radical (unpaired) electrons. The predicted molar refractivity (Wildman–Crippen MR) is 107 cm³/mol. The number of hydrogen-bond acceptors (Lipinski definition) is 5. The van der Waals surface area contributed by atoms with E-state index >= 15 is 0 Å². The normalized spacial score (nSPS) is 10.8. The summed E-state index contributed by atoms with van der Waals surface area (Å²) in [6.07, 6.45) is 3.84. The minimum Gasteiger partial charge on any atom is -0.378 e. The lowest BCUT2D eigenvalue weighted by atomic mass is 10.0. The molecule has 0 saturated carbocycles. The summed E-state index contributed by atoms with van der Waals surface area (Å²) in [6, 6.07) is 9.38. The van der Waals surface area contributed by atoms with Gasteiger partial charge in [-0.15, -0.1) is 0 Å². The van der Waals surface area contributed by atoms with Crippen LogP contribution in [-0.4, -0.2) is 33.2 Å². The molecular weight excluding hydrogens is 354 g/mol. The number of aryl methyl sites for hydroxylation is 2. The van der Waals surface area contributed by atoms with Crippen LogP contribution in [-0.2, 0) is 24.3 Å². The molecule has 1 amide bonds. The molecule has 146 valence electrons. The maximum absolute atomic E-state index is 12.4. The van der Waals surface area contributed by atoms with Gasteiger partial charge in [-0.3, -0.25) is 9.89 Å². The Bertz CT molecular complexity index is 934. The van der Waals surface area contributed by atoms with Crippen molar-refractivity contribution in [3.63, 3.8) is 0 Å². The van der Waals surface area contributed by atoms with Gasteiger partial charge in [0.15, 0.2) is 0 Å². The lowest BCUT2D eigenvalue weighted by Crippen LogP contribution is -2.22. The van der Waals surface area contributed by atoms with Gasteiger partial charge in [0.05, 0.1) is 30.2 Å². The minimum atomic E-state index is -0.137. The number of carbonyl (C=O) groups is 1. The number of benzene rings is 1. The van der Waals surface area contributed by atoms with E-state index in [1.807, 2.05) is 43.5 Å². The van der Waals surface area contributed by atoms with Crippen molar-refractivity contribution in [3.8, 4) is 11.3 Å². The highest BCUT2D eigenvalue weighted by molar-refractivity contribution is 5.94. The zero-order valence-corrected chi connectivity index (χ0v) is 16.5. The molecule has 2 aromatic heterocycles. The molecular formula is C21H25N5O2. The number of ether oxygens (including phenoxy) is 1. The second-order valence-corrected chi connectivity index (χ2v) is 6.62. The molecule has 0 unspecified atom stereocenters. The van der Waals surface area contributed by atoms with E-state index < -0.39 is 0 Å². The molecule has 3 aromatic rings. The first-order valence-electron chi connectivity index (χ1n) is 9.34. The summed E-state index contributed by atoms with van der Waals surface area (Å²) in [5.74, 6) is 0.603. The van der Waals surface area contributed by atoms with Crippen LogP contribution in [0.4, 0.5) is 0 Å². The van der Waals surface area contributed by atoms with Crippen LogP contribution >= 0.6 is 0 Å². The Balaban J connectivity index is 1.68. The van der Waals surface area contributed by atoms with E-state index in [1.54, 1.807) is 7.11 Å². The highest BCUT2D eigenvalue weighted by Crippen LogP contribution is 2.23. The first-order valence-corrected chi connectivity index (χ1v) is 9.34. The molecule has 0 aliphatic rings. The Labute approximate surface area is 164 Å². The average molecular weight is 379 g/mol. The van der Waals surface area contributed by atoms with Crippen LogP contribution in [0.1, 0.15) is 46.5 Å². The number of amides is 1. The Hall–Kier alpha value is -3.06. The second-order valence-electron chi connectivity index (χ2n) is 6.62. The van der Waals surface area contributed by atoms with Crippen LogP contribution in [0.2, 0.25) is 0 Å². The van der Waals surface area contributed by atoms with Crippen LogP contribution in [0.3, 0.4) is 0 Å². The highest BCUT2D eigenvalue weighted by Gasteiger charge is 2.11. The van der Waals surface area contributed by atoms with E-state index in [-0.39, 0.29) is 5.91 Å². The zero-order chi connectivity index (χ0) is 19.9.